The number of ether oxygens (including phenoxy) is 2. The molecule has 5 nitrogen and oxygen atoms in total. The highest BCUT2D eigenvalue weighted by molar-refractivity contribution is 5.43. The third kappa shape index (κ3) is 4.68. The van der Waals surface area contributed by atoms with E-state index in [1.807, 2.05) is 36.4 Å². The molecule has 0 bridgehead atoms. The topological polar surface area (TPSA) is 63.6 Å². The summed E-state index contributed by atoms with van der Waals surface area (Å²) in [4.78, 5) is 4.38. The Morgan fingerprint density at radius 2 is 1.96 bits per heavy atom. The van der Waals surface area contributed by atoms with Crippen molar-refractivity contribution in [2.45, 2.75) is 25.9 Å². The zero-order valence-corrected chi connectivity index (χ0v) is 13.8. The van der Waals surface area contributed by atoms with E-state index in [0.29, 0.717) is 11.5 Å². The second-order valence-electron chi connectivity index (χ2n) is 5.35. The zero-order chi connectivity index (χ0) is 16.7. The summed E-state index contributed by atoms with van der Waals surface area (Å²) in [6, 6.07) is 12.0. The third-order valence-corrected chi connectivity index (χ3v) is 3.67. The number of hydrogen-bond acceptors (Lipinski definition) is 5. The van der Waals surface area contributed by atoms with Crippen molar-refractivity contribution in [1.82, 2.24) is 10.3 Å². The van der Waals surface area contributed by atoms with Crippen molar-refractivity contribution in [2.75, 3.05) is 20.3 Å². The van der Waals surface area contributed by atoms with Crippen molar-refractivity contribution in [3.05, 3.63) is 53.9 Å². The fourth-order valence-corrected chi connectivity index (χ4v) is 2.42. The van der Waals surface area contributed by atoms with E-state index in [9.17, 15) is 0 Å². The monoisotopic (exact) mass is 316 g/mol. The van der Waals surface area contributed by atoms with Crippen molar-refractivity contribution in [1.29, 1.82) is 0 Å². The van der Waals surface area contributed by atoms with Crippen LogP contribution in [0.4, 0.5) is 0 Å². The largest absolute Gasteiger partial charge is 0.493 e. The van der Waals surface area contributed by atoms with Crippen LogP contribution in [-0.4, -0.2) is 30.4 Å². The molecule has 0 aliphatic heterocycles. The summed E-state index contributed by atoms with van der Waals surface area (Å²) < 4.78 is 10.8. The third-order valence-electron chi connectivity index (χ3n) is 3.67. The van der Waals surface area contributed by atoms with E-state index >= 15 is 0 Å². The lowest BCUT2D eigenvalue weighted by molar-refractivity contribution is 0.196. The normalized spacial score (nSPS) is 13.4. The first-order valence-electron chi connectivity index (χ1n) is 7.74. The molecule has 2 unspecified atom stereocenters. The fourth-order valence-electron chi connectivity index (χ4n) is 2.42. The van der Waals surface area contributed by atoms with Crippen molar-refractivity contribution in [3.8, 4) is 11.5 Å². The van der Waals surface area contributed by atoms with Gasteiger partial charge in [0.2, 0.25) is 0 Å². The highest BCUT2D eigenvalue weighted by Crippen LogP contribution is 2.31. The molecule has 1 aromatic carbocycles. The molecule has 0 fully saturated rings. The maximum absolute atomic E-state index is 8.86. The summed E-state index contributed by atoms with van der Waals surface area (Å²) in [5.41, 5.74) is 2.11. The summed E-state index contributed by atoms with van der Waals surface area (Å²) in [6.07, 6.45) is 1.80. The van der Waals surface area contributed by atoms with Crippen LogP contribution in [0.2, 0.25) is 0 Å². The lowest BCUT2D eigenvalue weighted by Gasteiger charge is -2.21. The number of hydrogen-bond donors (Lipinski definition) is 2. The van der Waals surface area contributed by atoms with Crippen LogP contribution in [0.3, 0.4) is 0 Å². The van der Waals surface area contributed by atoms with Crippen LogP contribution in [-0.2, 0) is 0 Å². The second kappa shape index (κ2) is 8.50. The first-order chi connectivity index (χ1) is 11.2. The molecule has 0 spiro atoms. The smallest absolute Gasteiger partial charge is 0.161 e. The van der Waals surface area contributed by atoms with E-state index in [4.69, 9.17) is 14.6 Å². The quantitative estimate of drug-likeness (QED) is 0.784. The molecule has 2 atom stereocenters. The number of pyridine rings is 1. The maximum atomic E-state index is 8.86. The average Bonchev–Trinajstić information content (AvgIpc) is 2.60. The Balaban J connectivity index is 2.08. The van der Waals surface area contributed by atoms with E-state index < -0.39 is 0 Å². The summed E-state index contributed by atoms with van der Waals surface area (Å²) in [7, 11) is 1.61. The van der Waals surface area contributed by atoms with Gasteiger partial charge < -0.3 is 19.9 Å². The molecule has 2 aromatic rings. The second-order valence-corrected chi connectivity index (χ2v) is 5.35. The first-order valence-corrected chi connectivity index (χ1v) is 7.74. The van der Waals surface area contributed by atoms with Crippen molar-refractivity contribution >= 4 is 0 Å². The summed E-state index contributed by atoms with van der Waals surface area (Å²) >= 11 is 0. The molecule has 2 N–H and O–H groups in total. The Labute approximate surface area is 137 Å². The van der Waals surface area contributed by atoms with Crippen LogP contribution in [0.5, 0.6) is 11.5 Å². The number of aromatic nitrogens is 1. The van der Waals surface area contributed by atoms with Gasteiger partial charge in [0.05, 0.1) is 19.4 Å². The highest BCUT2D eigenvalue weighted by atomic mass is 16.5. The van der Waals surface area contributed by atoms with Gasteiger partial charge in [-0.25, -0.2) is 0 Å². The minimum atomic E-state index is -0.0234. The maximum Gasteiger partial charge on any atom is 0.161 e. The van der Waals surface area contributed by atoms with Gasteiger partial charge in [-0.1, -0.05) is 12.1 Å². The van der Waals surface area contributed by atoms with Crippen molar-refractivity contribution < 1.29 is 14.6 Å². The fraction of sp³-hybridized carbons (Fsp3) is 0.389. The molecule has 0 radical (unpaired) electrons. The van der Waals surface area contributed by atoms with Gasteiger partial charge in [-0.05, 0) is 43.7 Å². The molecular weight excluding hydrogens is 292 g/mol. The Bertz CT molecular complexity index is 604. The standard InChI is InChI=1S/C18H24N2O3/c1-13(20-14(2)16-6-4-5-9-19-16)15-7-8-17(23-11-10-21)18(12-15)22-3/h4-9,12-14,20-21H,10-11H2,1-3H3. The van der Waals surface area contributed by atoms with E-state index in [2.05, 4.69) is 24.1 Å². The molecule has 1 aromatic heterocycles. The molecule has 0 aliphatic carbocycles. The minimum absolute atomic E-state index is 0.0234. The SMILES string of the molecule is COc1cc(C(C)NC(C)c2ccccn2)ccc1OCCO. The average molecular weight is 316 g/mol. The lowest BCUT2D eigenvalue weighted by atomic mass is 10.1. The molecule has 0 saturated carbocycles. The number of rotatable bonds is 8. The molecule has 0 saturated heterocycles. The van der Waals surface area contributed by atoms with Gasteiger partial charge in [-0.3, -0.25) is 4.98 Å². The lowest BCUT2D eigenvalue weighted by Crippen LogP contribution is -2.23. The molecule has 0 aliphatic rings. The van der Waals surface area contributed by atoms with Gasteiger partial charge in [0.25, 0.3) is 0 Å². The molecule has 124 valence electrons. The molecule has 0 amide bonds. The van der Waals surface area contributed by atoms with E-state index in [-0.39, 0.29) is 25.3 Å². The van der Waals surface area contributed by atoms with Gasteiger partial charge >= 0.3 is 0 Å². The Hall–Kier alpha value is -2.11. The molecule has 23 heavy (non-hydrogen) atoms. The molecule has 2 rings (SSSR count). The van der Waals surface area contributed by atoms with Gasteiger partial charge in [0.15, 0.2) is 11.5 Å². The van der Waals surface area contributed by atoms with Gasteiger partial charge in [0.1, 0.15) is 6.61 Å². The predicted octanol–water partition coefficient (Wildman–Crippen LogP) is 2.87. The van der Waals surface area contributed by atoms with Crippen LogP contribution >= 0.6 is 0 Å². The number of methoxy groups -OCH3 is 1. The number of nitrogens with zero attached hydrogens (tertiary/aromatic N) is 1. The number of aliphatic hydroxyl groups is 1. The van der Waals surface area contributed by atoms with Crippen molar-refractivity contribution in [2.24, 2.45) is 0 Å². The number of aliphatic hydroxyl groups excluding tert-OH is 1. The predicted molar refractivity (Wildman–Crippen MR) is 89.8 cm³/mol. The molecular formula is C18H24N2O3. The van der Waals surface area contributed by atoms with Crippen LogP contribution < -0.4 is 14.8 Å². The van der Waals surface area contributed by atoms with Gasteiger partial charge in [-0.2, -0.15) is 0 Å². The van der Waals surface area contributed by atoms with E-state index in [0.717, 1.165) is 11.3 Å². The Morgan fingerprint density at radius 3 is 2.61 bits per heavy atom. The highest BCUT2D eigenvalue weighted by Gasteiger charge is 2.14. The minimum Gasteiger partial charge on any atom is -0.493 e. The Morgan fingerprint density at radius 1 is 1.13 bits per heavy atom. The van der Waals surface area contributed by atoms with E-state index in [1.165, 1.54) is 0 Å². The van der Waals surface area contributed by atoms with Gasteiger partial charge in [-0.15, -0.1) is 0 Å². The summed E-state index contributed by atoms with van der Waals surface area (Å²) in [5, 5.41) is 12.4. The van der Waals surface area contributed by atoms with Crippen LogP contribution in [0.1, 0.15) is 37.2 Å². The van der Waals surface area contributed by atoms with Crippen LogP contribution in [0.15, 0.2) is 42.6 Å². The van der Waals surface area contributed by atoms with Crippen LogP contribution in [0, 0.1) is 0 Å². The first kappa shape index (κ1) is 17.2. The van der Waals surface area contributed by atoms with Crippen LogP contribution in [0.25, 0.3) is 0 Å². The zero-order valence-electron chi connectivity index (χ0n) is 13.8. The number of benzene rings is 1. The Kier molecular flexibility index (Phi) is 6.38. The van der Waals surface area contributed by atoms with Gasteiger partial charge in [0, 0.05) is 18.3 Å². The molecule has 5 heteroatoms. The van der Waals surface area contributed by atoms with E-state index in [1.54, 1.807) is 13.3 Å². The summed E-state index contributed by atoms with van der Waals surface area (Å²) in [6.45, 7) is 4.42. The summed E-state index contributed by atoms with van der Waals surface area (Å²) in [5.74, 6) is 1.30. The molecule has 1 heterocycles. The number of nitrogens with one attached hydrogen (secondary N) is 1. The van der Waals surface area contributed by atoms with Crippen molar-refractivity contribution in [3.63, 3.8) is 0 Å².